The first-order chi connectivity index (χ1) is 9.36. The minimum atomic E-state index is -4.48. The fourth-order valence-corrected chi connectivity index (χ4v) is 2.54. The molecule has 1 aromatic rings. The topological polar surface area (TPSA) is 71.1 Å². The molecule has 2 rings (SSSR count). The number of nitrogens with one attached hydrogen (secondary N) is 2. The van der Waals surface area contributed by atoms with Crippen LogP contribution >= 0.6 is 11.3 Å². The maximum Gasteiger partial charge on any atom is 0.427 e. The molecule has 1 aliphatic rings. The van der Waals surface area contributed by atoms with Gasteiger partial charge in [-0.05, 0) is 12.3 Å². The van der Waals surface area contributed by atoms with E-state index in [-0.39, 0.29) is 16.8 Å². The molecule has 0 radical (unpaired) electrons. The average molecular weight is 307 g/mol. The van der Waals surface area contributed by atoms with Crippen molar-refractivity contribution in [2.45, 2.75) is 19.0 Å². The van der Waals surface area contributed by atoms with Crippen LogP contribution in [0.5, 0.6) is 0 Å². The fourth-order valence-electron chi connectivity index (χ4n) is 1.84. The second kappa shape index (κ2) is 5.78. The van der Waals surface area contributed by atoms with E-state index in [1.165, 1.54) is 0 Å². The summed E-state index contributed by atoms with van der Waals surface area (Å²) in [5.41, 5.74) is 0. The molecule has 110 valence electrons. The zero-order valence-electron chi connectivity index (χ0n) is 10.3. The highest BCUT2D eigenvalue weighted by atomic mass is 32.1. The van der Waals surface area contributed by atoms with Crippen molar-refractivity contribution in [1.29, 1.82) is 0 Å². The number of carbonyl (C=O) groups is 2. The second-order valence-electron chi connectivity index (χ2n) is 4.45. The summed E-state index contributed by atoms with van der Waals surface area (Å²) in [6, 6.07) is 0. The molecule has 5 nitrogen and oxygen atoms in total. The molecule has 0 aromatic carbocycles. The summed E-state index contributed by atoms with van der Waals surface area (Å²) in [5.74, 6) is -0.483. The molecule has 9 heteroatoms. The van der Waals surface area contributed by atoms with Gasteiger partial charge in [-0.1, -0.05) is 0 Å². The van der Waals surface area contributed by atoms with Gasteiger partial charge in [0.05, 0.1) is 6.20 Å². The monoisotopic (exact) mass is 307 g/mol. The lowest BCUT2D eigenvalue weighted by atomic mass is 10.1. The summed E-state index contributed by atoms with van der Waals surface area (Å²) in [7, 11) is 0. The van der Waals surface area contributed by atoms with Gasteiger partial charge in [0.1, 0.15) is 4.88 Å². The van der Waals surface area contributed by atoms with Crippen LogP contribution in [0, 0.1) is 5.92 Å². The lowest BCUT2D eigenvalue weighted by Crippen LogP contribution is -2.26. The zero-order valence-corrected chi connectivity index (χ0v) is 11.1. The number of nitrogens with zero attached hydrogens (tertiary/aromatic N) is 1. The van der Waals surface area contributed by atoms with Crippen LogP contribution < -0.4 is 10.6 Å². The average Bonchev–Trinajstić information content (AvgIpc) is 2.97. The summed E-state index contributed by atoms with van der Waals surface area (Å²) >= 11 is 0.316. The predicted octanol–water partition coefficient (Wildman–Crippen LogP) is 1.42. The van der Waals surface area contributed by atoms with Crippen molar-refractivity contribution in [2.24, 2.45) is 5.92 Å². The number of carbonyl (C=O) groups excluding carboxylic acids is 2. The van der Waals surface area contributed by atoms with Gasteiger partial charge in [0, 0.05) is 19.5 Å². The summed E-state index contributed by atoms with van der Waals surface area (Å²) in [5, 5.41) is 4.97. The second-order valence-corrected chi connectivity index (χ2v) is 5.48. The van der Waals surface area contributed by atoms with E-state index in [4.69, 9.17) is 0 Å². The third-order valence-electron chi connectivity index (χ3n) is 2.88. The number of amides is 2. The molecule has 1 unspecified atom stereocenters. The molecule has 0 saturated carbocycles. The van der Waals surface area contributed by atoms with Crippen molar-refractivity contribution >= 4 is 23.2 Å². The largest absolute Gasteiger partial charge is 0.427 e. The molecule has 1 saturated heterocycles. The van der Waals surface area contributed by atoms with Crippen molar-refractivity contribution in [1.82, 2.24) is 15.6 Å². The van der Waals surface area contributed by atoms with Crippen molar-refractivity contribution in [3.05, 3.63) is 16.1 Å². The van der Waals surface area contributed by atoms with Gasteiger partial charge in [-0.2, -0.15) is 13.2 Å². The number of hydrogen-bond donors (Lipinski definition) is 2. The molecule has 1 aromatic heterocycles. The molecule has 0 aliphatic carbocycles. The van der Waals surface area contributed by atoms with Crippen LogP contribution in [0.1, 0.15) is 27.5 Å². The molecular formula is C11H12F3N3O2S. The normalized spacial score (nSPS) is 18.9. The van der Waals surface area contributed by atoms with Crippen molar-refractivity contribution in [2.75, 3.05) is 13.1 Å². The number of aromatic nitrogens is 1. The molecule has 1 atom stereocenters. The van der Waals surface area contributed by atoms with Crippen LogP contribution in [-0.4, -0.2) is 29.9 Å². The van der Waals surface area contributed by atoms with Gasteiger partial charge in [-0.15, -0.1) is 11.3 Å². The standard InChI is InChI=1S/C11H12F3N3O2S/c12-11(13,14)7-5-17-10(20-7)9(19)15-2-1-6-3-8(18)16-4-6/h5-6H,1-4H2,(H,15,19)(H,16,18). The lowest BCUT2D eigenvalue weighted by molar-refractivity contribution is -0.134. The Labute approximate surface area is 116 Å². The van der Waals surface area contributed by atoms with Crippen LogP contribution in [0.25, 0.3) is 0 Å². The Bertz CT molecular complexity index is 515. The highest BCUT2D eigenvalue weighted by Crippen LogP contribution is 2.33. The van der Waals surface area contributed by atoms with Crippen LogP contribution in [0.3, 0.4) is 0 Å². The van der Waals surface area contributed by atoms with E-state index in [0.29, 0.717) is 43.5 Å². The molecular weight excluding hydrogens is 295 g/mol. The molecule has 0 bridgehead atoms. The lowest BCUT2D eigenvalue weighted by Gasteiger charge is -2.07. The zero-order chi connectivity index (χ0) is 14.8. The van der Waals surface area contributed by atoms with Gasteiger partial charge in [0.2, 0.25) is 5.91 Å². The van der Waals surface area contributed by atoms with E-state index in [0.717, 1.165) is 0 Å². The van der Waals surface area contributed by atoms with Gasteiger partial charge >= 0.3 is 6.18 Å². The Morgan fingerprint density at radius 3 is 2.85 bits per heavy atom. The summed E-state index contributed by atoms with van der Waals surface area (Å²) < 4.78 is 37.1. The van der Waals surface area contributed by atoms with Gasteiger partial charge < -0.3 is 10.6 Å². The first-order valence-corrected chi connectivity index (χ1v) is 6.76. The Morgan fingerprint density at radius 1 is 1.55 bits per heavy atom. The van der Waals surface area contributed by atoms with Crippen molar-refractivity contribution in [3.8, 4) is 0 Å². The SMILES string of the molecule is O=C1CC(CCNC(=O)c2ncc(C(F)(F)F)s2)CN1. The Morgan fingerprint density at radius 2 is 2.30 bits per heavy atom. The van der Waals surface area contributed by atoms with Gasteiger partial charge in [0.25, 0.3) is 5.91 Å². The summed E-state index contributed by atoms with van der Waals surface area (Å²) in [4.78, 5) is 25.1. The van der Waals surface area contributed by atoms with E-state index in [9.17, 15) is 22.8 Å². The van der Waals surface area contributed by atoms with Crippen LogP contribution in [0.2, 0.25) is 0 Å². The number of hydrogen-bond acceptors (Lipinski definition) is 4. The van der Waals surface area contributed by atoms with Crippen molar-refractivity contribution < 1.29 is 22.8 Å². The Balaban J connectivity index is 1.80. The smallest absolute Gasteiger partial charge is 0.356 e. The highest BCUT2D eigenvalue weighted by molar-refractivity contribution is 7.13. The first kappa shape index (κ1) is 14.8. The maximum absolute atomic E-state index is 12.4. The van der Waals surface area contributed by atoms with Crippen molar-refractivity contribution in [3.63, 3.8) is 0 Å². The third-order valence-corrected chi connectivity index (χ3v) is 3.92. The Kier molecular flexibility index (Phi) is 4.26. The van der Waals surface area contributed by atoms with E-state index in [1.54, 1.807) is 0 Å². The Hall–Kier alpha value is -1.64. The first-order valence-electron chi connectivity index (χ1n) is 5.94. The molecule has 2 N–H and O–H groups in total. The molecule has 2 amide bonds. The van der Waals surface area contributed by atoms with Gasteiger partial charge in [0.15, 0.2) is 5.01 Å². The van der Waals surface area contributed by atoms with E-state index in [1.807, 2.05) is 0 Å². The minimum absolute atomic E-state index is 0.0175. The highest BCUT2D eigenvalue weighted by Gasteiger charge is 2.34. The van der Waals surface area contributed by atoms with Gasteiger partial charge in [-0.3, -0.25) is 9.59 Å². The fraction of sp³-hybridized carbons (Fsp3) is 0.545. The molecule has 0 spiro atoms. The number of alkyl halides is 3. The molecule has 2 heterocycles. The molecule has 1 fully saturated rings. The quantitative estimate of drug-likeness (QED) is 0.884. The number of halogens is 3. The molecule has 1 aliphatic heterocycles. The van der Waals surface area contributed by atoms with Crippen LogP contribution in [-0.2, 0) is 11.0 Å². The minimum Gasteiger partial charge on any atom is -0.356 e. The molecule has 20 heavy (non-hydrogen) atoms. The van der Waals surface area contributed by atoms with Gasteiger partial charge in [-0.25, -0.2) is 4.98 Å². The summed E-state index contributed by atoms with van der Waals surface area (Å²) in [6.45, 7) is 0.879. The predicted molar refractivity (Wildman–Crippen MR) is 65.2 cm³/mol. The van der Waals surface area contributed by atoms with E-state index < -0.39 is 17.0 Å². The maximum atomic E-state index is 12.4. The van der Waals surface area contributed by atoms with Crippen LogP contribution in [0.4, 0.5) is 13.2 Å². The third kappa shape index (κ3) is 3.69. The number of rotatable bonds is 4. The summed E-state index contributed by atoms with van der Waals surface area (Å²) in [6.07, 6.45) is -2.81. The van der Waals surface area contributed by atoms with Crippen LogP contribution in [0.15, 0.2) is 6.20 Å². The number of thiazole rings is 1. The van der Waals surface area contributed by atoms with E-state index in [2.05, 4.69) is 15.6 Å². The van der Waals surface area contributed by atoms with E-state index >= 15 is 0 Å².